The number of hydrogen-bond donors (Lipinski definition) is 6. The average Bonchev–Trinajstić information content (AvgIpc) is 3.62. The van der Waals surface area contributed by atoms with Gasteiger partial charge in [-0.3, -0.25) is 29.6 Å². The number of ether oxygens (including phenoxy) is 4. The van der Waals surface area contributed by atoms with E-state index in [-0.39, 0.29) is 44.5 Å². The number of methoxy groups -OCH3 is 2. The summed E-state index contributed by atoms with van der Waals surface area (Å²) in [6, 6.07) is 16.9. The molecule has 0 bridgehead atoms. The second-order valence-corrected chi connectivity index (χ2v) is 14.6. The minimum Gasteiger partial charge on any atom is -0.493 e. The Morgan fingerprint density at radius 2 is 1.65 bits per heavy atom. The topological polar surface area (TPSA) is 218 Å². The maximum Gasteiger partial charge on any atom is 0.257 e. The molecule has 3 heterocycles. The summed E-state index contributed by atoms with van der Waals surface area (Å²) in [7, 11) is 4.56. The number of hydrogen-bond acceptors (Lipinski definition) is 13. The number of nitrogens with zero attached hydrogens (tertiary/aromatic N) is 4. The molecule has 3 aliphatic rings. The van der Waals surface area contributed by atoms with Crippen molar-refractivity contribution in [2.24, 2.45) is 15.3 Å². The van der Waals surface area contributed by atoms with Crippen molar-refractivity contribution in [1.82, 2.24) is 26.7 Å². The van der Waals surface area contributed by atoms with Gasteiger partial charge in [0.15, 0.2) is 17.7 Å². The molecule has 0 saturated carbocycles. The first kappa shape index (κ1) is 45.1. The van der Waals surface area contributed by atoms with Crippen LogP contribution in [0.25, 0.3) is 0 Å². The quantitative estimate of drug-likeness (QED) is 0.0884. The largest absolute Gasteiger partial charge is 0.493 e. The number of aliphatic imine (C=N–C) groups is 1. The standard InChI is InChI=1S/C45H52N10O8/c1-28-11-7-6-10-14-47-36-21-39(38(60-4)20-35(36)44(59)52-28)62-26-30-16-31(18-33(17-30)53-43(58)24-50-41(56)23-49-42(57)25-51-54-46-3)27-63-40-15-29(2)48-22-34-19-32-12-8-9-13-37(32)55(34)45(40)61-5/h7-9,11-18,20-21,34,45,48H,1-2,6,10,19,22-27H2,3-5H3,(H,46,51)(H,49,57)(H,50,56)(H,52,59)(H,53,58)/b11-7-,40-15+,47-14-/t34-,45?/m0/s1. The minimum atomic E-state index is -0.568. The van der Waals surface area contributed by atoms with Crippen molar-refractivity contribution in [1.29, 1.82) is 0 Å². The molecule has 0 aromatic heterocycles. The molecular weight excluding hydrogens is 809 g/mol. The van der Waals surface area contributed by atoms with E-state index >= 15 is 0 Å². The zero-order valence-electron chi connectivity index (χ0n) is 35.5. The van der Waals surface area contributed by atoms with Crippen LogP contribution in [0.1, 0.15) is 39.9 Å². The fourth-order valence-corrected chi connectivity index (χ4v) is 7.11. The lowest BCUT2D eigenvalue weighted by molar-refractivity contribution is -0.126. The molecule has 6 N–H and O–H groups in total. The second kappa shape index (κ2) is 21.9. The Labute approximate surface area is 365 Å². The van der Waals surface area contributed by atoms with Gasteiger partial charge in [0.1, 0.15) is 25.5 Å². The number of benzene rings is 3. The van der Waals surface area contributed by atoms with Crippen molar-refractivity contribution in [2.75, 3.05) is 57.7 Å². The van der Waals surface area contributed by atoms with Gasteiger partial charge in [-0.2, -0.15) is 5.11 Å². The summed E-state index contributed by atoms with van der Waals surface area (Å²) in [6.45, 7) is 7.95. The van der Waals surface area contributed by atoms with Crippen LogP contribution in [-0.2, 0) is 43.5 Å². The molecule has 3 aromatic carbocycles. The van der Waals surface area contributed by atoms with E-state index in [4.69, 9.17) is 18.9 Å². The molecule has 1 unspecified atom stereocenters. The molecule has 0 fully saturated rings. The Kier molecular flexibility index (Phi) is 15.6. The Hall–Kier alpha value is -7.47. The molecule has 3 aliphatic heterocycles. The van der Waals surface area contributed by atoms with Crippen molar-refractivity contribution >= 4 is 46.9 Å². The number of amides is 4. The number of allylic oxidation sites excluding steroid dienone is 3. The Bertz CT molecular complexity index is 2340. The normalized spacial score (nSPS) is 18.9. The molecular formula is C45H52N10O8. The summed E-state index contributed by atoms with van der Waals surface area (Å²) in [5, 5.41) is 20.9. The molecule has 63 heavy (non-hydrogen) atoms. The van der Waals surface area contributed by atoms with Crippen LogP contribution in [0.3, 0.4) is 0 Å². The molecule has 3 aromatic rings. The number of fused-ring (bicyclic) bond motifs is 4. The van der Waals surface area contributed by atoms with Gasteiger partial charge >= 0.3 is 0 Å². The summed E-state index contributed by atoms with van der Waals surface area (Å²) >= 11 is 0. The first-order chi connectivity index (χ1) is 30.5. The highest BCUT2D eigenvalue weighted by molar-refractivity contribution is 6.01. The Morgan fingerprint density at radius 1 is 0.905 bits per heavy atom. The average molecular weight is 861 g/mol. The van der Waals surface area contributed by atoms with Crippen molar-refractivity contribution in [3.05, 3.63) is 125 Å². The van der Waals surface area contributed by atoms with Gasteiger partial charge in [0.25, 0.3) is 5.91 Å². The molecule has 2 atom stereocenters. The smallest absolute Gasteiger partial charge is 0.257 e. The van der Waals surface area contributed by atoms with E-state index in [0.29, 0.717) is 70.5 Å². The molecule has 18 heteroatoms. The fraction of sp³-hybridized carbons (Fsp3) is 0.311. The zero-order valence-corrected chi connectivity index (χ0v) is 35.5. The lowest BCUT2D eigenvalue weighted by Crippen LogP contribution is -2.49. The third-order valence-electron chi connectivity index (χ3n) is 9.97. The van der Waals surface area contributed by atoms with E-state index < -0.39 is 29.9 Å². The van der Waals surface area contributed by atoms with Crippen LogP contribution in [-0.4, -0.2) is 89.6 Å². The van der Waals surface area contributed by atoms with E-state index in [1.54, 1.807) is 43.7 Å². The van der Waals surface area contributed by atoms with Crippen molar-refractivity contribution < 1.29 is 38.1 Å². The predicted molar refractivity (Wildman–Crippen MR) is 238 cm³/mol. The number of para-hydroxylation sites is 1. The van der Waals surface area contributed by atoms with E-state index in [0.717, 1.165) is 12.1 Å². The maximum atomic E-state index is 13.2. The van der Waals surface area contributed by atoms with Gasteiger partial charge in [0.05, 0.1) is 44.5 Å². The van der Waals surface area contributed by atoms with Crippen LogP contribution in [0.5, 0.6) is 11.5 Å². The monoisotopic (exact) mass is 860 g/mol. The molecule has 0 aliphatic carbocycles. The maximum absolute atomic E-state index is 13.2. The minimum absolute atomic E-state index is 0.00374. The highest BCUT2D eigenvalue weighted by Gasteiger charge is 2.38. The SMILES string of the molecule is C=C1/C=C\CC/C=N\c2cc(OCc3cc(CO/C4=C/C(=C)NC[C@@H]5Cc6ccccc6N5C4OC)cc(NC(=O)CNC(=O)CNC(=O)CN/N=N/C)c3)c(OC)cc2C(=O)N1. The Morgan fingerprint density at radius 3 is 2.41 bits per heavy atom. The van der Waals surface area contributed by atoms with Crippen molar-refractivity contribution in [2.45, 2.75) is 44.7 Å². The molecule has 330 valence electrons. The second-order valence-electron chi connectivity index (χ2n) is 14.6. The number of carbonyl (C=O) groups is 4. The van der Waals surface area contributed by atoms with Gasteiger partial charge in [-0.05, 0) is 72.4 Å². The van der Waals surface area contributed by atoms with Crippen LogP contribution < -0.4 is 46.4 Å². The van der Waals surface area contributed by atoms with Crippen LogP contribution in [0.4, 0.5) is 17.1 Å². The third kappa shape index (κ3) is 12.3. The van der Waals surface area contributed by atoms with Crippen molar-refractivity contribution in [3.8, 4) is 11.5 Å². The summed E-state index contributed by atoms with van der Waals surface area (Å²) in [5.74, 6) is -0.806. The zero-order chi connectivity index (χ0) is 44.7. The molecule has 0 saturated heterocycles. The van der Waals surface area contributed by atoms with Crippen molar-refractivity contribution in [3.63, 3.8) is 0 Å². The van der Waals surface area contributed by atoms with Gasteiger partial charge in [0, 0.05) is 54.8 Å². The van der Waals surface area contributed by atoms with Gasteiger partial charge in [0.2, 0.25) is 17.7 Å². The number of nitrogens with one attached hydrogen (secondary N) is 6. The third-order valence-corrected chi connectivity index (χ3v) is 9.97. The number of anilines is 2. The number of rotatable bonds is 16. The van der Waals surface area contributed by atoms with Gasteiger partial charge < -0.3 is 50.4 Å². The van der Waals surface area contributed by atoms with E-state index in [9.17, 15) is 19.2 Å². The summed E-state index contributed by atoms with van der Waals surface area (Å²) in [5.41, 5.74) is 8.21. The lowest BCUT2D eigenvalue weighted by Gasteiger charge is -2.37. The van der Waals surface area contributed by atoms with Gasteiger partial charge in [-0.1, -0.05) is 42.7 Å². The number of carbonyl (C=O) groups excluding carboxylic acids is 4. The summed E-state index contributed by atoms with van der Waals surface area (Å²) in [6.07, 6.45) is 8.86. The first-order valence-electron chi connectivity index (χ1n) is 20.2. The summed E-state index contributed by atoms with van der Waals surface area (Å²) < 4.78 is 24.6. The fourth-order valence-electron chi connectivity index (χ4n) is 7.11. The van der Waals surface area contributed by atoms with Crippen LogP contribution in [0, 0.1) is 0 Å². The van der Waals surface area contributed by atoms with E-state index in [1.807, 2.05) is 30.4 Å². The van der Waals surface area contributed by atoms with E-state index in [2.05, 4.69) is 77.5 Å². The van der Waals surface area contributed by atoms with Gasteiger partial charge in [-0.25, -0.2) is 0 Å². The summed E-state index contributed by atoms with van der Waals surface area (Å²) in [4.78, 5) is 57.6. The molecule has 6 rings (SSSR count). The van der Waals surface area contributed by atoms with Crippen LogP contribution >= 0.6 is 0 Å². The van der Waals surface area contributed by atoms with Crippen LogP contribution in [0.2, 0.25) is 0 Å². The molecule has 18 nitrogen and oxygen atoms in total. The molecule has 4 amide bonds. The van der Waals surface area contributed by atoms with E-state index in [1.165, 1.54) is 19.7 Å². The lowest BCUT2D eigenvalue weighted by atomic mass is 10.1. The van der Waals surface area contributed by atoms with Crippen LogP contribution in [0.15, 0.2) is 118 Å². The predicted octanol–water partition coefficient (Wildman–Crippen LogP) is 4.25. The molecule has 0 radical (unpaired) electrons. The highest BCUT2D eigenvalue weighted by Crippen LogP contribution is 2.38. The molecule has 0 spiro atoms. The highest BCUT2D eigenvalue weighted by atomic mass is 16.5. The van der Waals surface area contributed by atoms with Gasteiger partial charge in [-0.15, -0.1) is 0 Å². The Balaban J connectivity index is 1.23. The first-order valence-corrected chi connectivity index (χ1v) is 20.2.